The van der Waals surface area contributed by atoms with E-state index in [4.69, 9.17) is 4.42 Å². The Kier molecular flexibility index (Phi) is 4.19. The molecule has 6 nitrogen and oxygen atoms in total. The number of carbonyl (C=O) groups is 1. The molecule has 118 valence electrons. The van der Waals surface area contributed by atoms with Crippen molar-refractivity contribution in [3.05, 3.63) is 42.1 Å². The summed E-state index contributed by atoms with van der Waals surface area (Å²) in [6, 6.07) is 5.06. The van der Waals surface area contributed by atoms with Gasteiger partial charge >= 0.3 is 6.55 Å². The molecule has 22 heavy (non-hydrogen) atoms. The minimum Gasteiger partial charge on any atom is -0.468 e. The zero-order chi connectivity index (χ0) is 15.5. The lowest BCUT2D eigenvalue weighted by molar-refractivity contribution is 0.0421. The van der Waals surface area contributed by atoms with Crippen LogP contribution in [-0.2, 0) is 6.54 Å². The Morgan fingerprint density at radius 3 is 2.68 bits per heavy atom. The number of piperazine rings is 1. The zero-order valence-corrected chi connectivity index (χ0v) is 11.9. The van der Waals surface area contributed by atoms with Gasteiger partial charge in [-0.1, -0.05) is 0 Å². The molecule has 0 N–H and O–H groups in total. The van der Waals surface area contributed by atoms with E-state index < -0.39 is 12.5 Å². The van der Waals surface area contributed by atoms with Crippen LogP contribution >= 0.6 is 0 Å². The summed E-state index contributed by atoms with van der Waals surface area (Å²) < 4.78 is 31.3. The summed E-state index contributed by atoms with van der Waals surface area (Å²) in [6.07, 6.45) is 2.84. The van der Waals surface area contributed by atoms with Gasteiger partial charge in [0.25, 0.3) is 5.91 Å². The second-order valence-corrected chi connectivity index (χ2v) is 5.09. The van der Waals surface area contributed by atoms with E-state index in [9.17, 15) is 13.6 Å². The minimum absolute atomic E-state index is 0.0746. The van der Waals surface area contributed by atoms with Crippen LogP contribution in [0.25, 0.3) is 0 Å². The van der Waals surface area contributed by atoms with E-state index in [2.05, 4.69) is 10.00 Å². The molecule has 0 spiro atoms. The average molecular weight is 310 g/mol. The molecule has 8 heteroatoms. The number of aromatic nitrogens is 2. The van der Waals surface area contributed by atoms with Crippen LogP contribution in [0.15, 0.2) is 35.1 Å². The van der Waals surface area contributed by atoms with E-state index in [-0.39, 0.29) is 5.69 Å². The number of furan rings is 1. The highest BCUT2D eigenvalue weighted by Crippen LogP contribution is 2.16. The van der Waals surface area contributed by atoms with Crippen LogP contribution in [-0.4, -0.2) is 51.7 Å². The largest absolute Gasteiger partial charge is 0.468 e. The van der Waals surface area contributed by atoms with Gasteiger partial charge in [0.15, 0.2) is 0 Å². The lowest BCUT2D eigenvalue weighted by atomic mass is 10.2. The number of alkyl halides is 2. The van der Waals surface area contributed by atoms with Crippen molar-refractivity contribution in [1.29, 1.82) is 0 Å². The van der Waals surface area contributed by atoms with Gasteiger partial charge in [0.05, 0.1) is 12.8 Å². The summed E-state index contributed by atoms with van der Waals surface area (Å²) in [4.78, 5) is 16.0. The number of rotatable bonds is 4. The summed E-state index contributed by atoms with van der Waals surface area (Å²) >= 11 is 0. The number of hydrogen-bond donors (Lipinski definition) is 0. The second kappa shape index (κ2) is 6.27. The van der Waals surface area contributed by atoms with Crippen LogP contribution in [0.1, 0.15) is 22.8 Å². The van der Waals surface area contributed by atoms with E-state index in [0.29, 0.717) is 37.4 Å². The van der Waals surface area contributed by atoms with Crippen molar-refractivity contribution in [2.75, 3.05) is 26.2 Å². The molecule has 0 unspecified atom stereocenters. The summed E-state index contributed by atoms with van der Waals surface area (Å²) in [5.74, 6) is 0.464. The van der Waals surface area contributed by atoms with Crippen molar-refractivity contribution in [3.63, 3.8) is 0 Å². The Labute approximate surface area is 125 Å². The Morgan fingerprint density at radius 1 is 1.27 bits per heavy atom. The van der Waals surface area contributed by atoms with Crippen molar-refractivity contribution in [2.24, 2.45) is 0 Å². The number of hydrogen-bond acceptors (Lipinski definition) is 4. The highest BCUT2D eigenvalue weighted by atomic mass is 19.3. The highest BCUT2D eigenvalue weighted by molar-refractivity contribution is 5.92. The van der Waals surface area contributed by atoms with Gasteiger partial charge in [0, 0.05) is 32.4 Å². The molecular formula is C14H16F2N4O2. The van der Waals surface area contributed by atoms with Gasteiger partial charge in [-0.3, -0.25) is 9.69 Å². The van der Waals surface area contributed by atoms with Crippen LogP contribution in [0, 0.1) is 0 Å². The Hall–Kier alpha value is -2.22. The molecule has 0 aromatic carbocycles. The van der Waals surface area contributed by atoms with E-state index in [1.54, 1.807) is 11.2 Å². The molecular weight excluding hydrogens is 294 g/mol. The van der Waals surface area contributed by atoms with Crippen molar-refractivity contribution < 1.29 is 18.0 Å². The molecule has 0 aliphatic carbocycles. The van der Waals surface area contributed by atoms with Gasteiger partial charge in [-0.2, -0.15) is 18.6 Å². The maximum Gasteiger partial charge on any atom is 0.333 e. The minimum atomic E-state index is -2.81. The molecule has 0 atom stereocenters. The van der Waals surface area contributed by atoms with E-state index in [1.165, 1.54) is 12.3 Å². The first-order valence-electron chi connectivity index (χ1n) is 7.01. The Morgan fingerprint density at radius 2 is 2.05 bits per heavy atom. The Bertz CT molecular complexity index is 619. The molecule has 1 aliphatic rings. The van der Waals surface area contributed by atoms with Crippen LogP contribution < -0.4 is 0 Å². The summed E-state index contributed by atoms with van der Waals surface area (Å²) in [6.45, 7) is 0.213. The maximum atomic E-state index is 12.8. The fourth-order valence-corrected chi connectivity index (χ4v) is 2.53. The van der Waals surface area contributed by atoms with Gasteiger partial charge in [-0.25, -0.2) is 0 Å². The normalized spacial score (nSPS) is 16.4. The van der Waals surface area contributed by atoms with E-state index in [1.807, 2.05) is 12.1 Å². The Balaban J connectivity index is 1.59. The summed E-state index contributed by atoms with van der Waals surface area (Å²) in [5.41, 5.74) is -0.0746. The third-order valence-electron chi connectivity index (χ3n) is 3.69. The quantitative estimate of drug-likeness (QED) is 0.864. The second-order valence-electron chi connectivity index (χ2n) is 5.09. The van der Waals surface area contributed by atoms with Crippen LogP contribution in [0.4, 0.5) is 8.78 Å². The number of carbonyl (C=O) groups excluding carboxylic acids is 1. The molecule has 2 aromatic rings. The third-order valence-corrected chi connectivity index (χ3v) is 3.69. The first-order chi connectivity index (χ1) is 10.6. The first-order valence-corrected chi connectivity index (χ1v) is 7.01. The molecule has 1 fully saturated rings. The molecule has 1 amide bonds. The molecule has 0 saturated carbocycles. The first kappa shape index (κ1) is 14.7. The average Bonchev–Trinajstić information content (AvgIpc) is 3.18. The maximum absolute atomic E-state index is 12.8. The van der Waals surface area contributed by atoms with Gasteiger partial charge in [-0.05, 0) is 18.2 Å². The van der Waals surface area contributed by atoms with Gasteiger partial charge in [0.1, 0.15) is 11.5 Å². The zero-order valence-electron chi connectivity index (χ0n) is 11.9. The van der Waals surface area contributed by atoms with Crippen LogP contribution in [0.2, 0.25) is 0 Å². The highest BCUT2D eigenvalue weighted by Gasteiger charge is 2.26. The molecule has 1 saturated heterocycles. The predicted octanol–water partition coefficient (Wildman–Crippen LogP) is 1.83. The fourth-order valence-electron chi connectivity index (χ4n) is 2.53. The molecule has 3 heterocycles. The van der Waals surface area contributed by atoms with E-state index in [0.717, 1.165) is 5.76 Å². The smallest absolute Gasteiger partial charge is 0.333 e. The monoisotopic (exact) mass is 310 g/mol. The molecule has 3 rings (SSSR count). The van der Waals surface area contributed by atoms with Gasteiger partial charge in [-0.15, -0.1) is 0 Å². The number of amides is 1. The number of halogens is 2. The van der Waals surface area contributed by atoms with Crippen molar-refractivity contribution in [2.45, 2.75) is 13.1 Å². The SMILES string of the molecule is O=C(c1ccnn1C(F)F)N1CCN(Cc2ccco2)CC1. The van der Waals surface area contributed by atoms with Crippen LogP contribution in [0.3, 0.4) is 0 Å². The lowest BCUT2D eigenvalue weighted by Gasteiger charge is -2.34. The van der Waals surface area contributed by atoms with Crippen molar-refractivity contribution in [1.82, 2.24) is 19.6 Å². The molecule has 0 radical (unpaired) electrons. The summed E-state index contributed by atoms with van der Waals surface area (Å²) in [5, 5.41) is 3.49. The third kappa shape index (κ3) is 3.01. The molecule has 1 aliphatic heterocycles. The molecule has 0 bridgehead atoms. The lowest BCUT2D eigenvalue weighted by Crippen LogP contribution is -2.48. The number of nitrogens with zero attached hydrogens (tertiary/aromatic N) is 4. The standard InChI is InChI=1S/C14H16F2N4O2/c15-14(16)20-12(3-4-17-20)13(21)19-7-5-18(6-8-19)10-11-2-1-9-22-11/h1-4,9,14H,5-8,10H2. The van der Waals surface area contributed by atoms with E-state index >= 15 is 0 Å². The molecule has 2 aromatic heterocycles. The van der Waals surface area contributed by atoms with Crippen molar-refractivity contribution in [3.8, 4) is 0 Å². The summed E-state index contributed by atoms with van der Waals surface area (Å²) in [7, 11) is 0. The predicted molar refractivity (Wildman–Crippen MR) is 73.4 cm³/mol. The topological polar surface area (TPSA) is 54.5 Å². The van der Waals surface area contributed by atoms with Crippen molar-refractivity contribution >= 4 is 5.91 Å². The van der Waals surface area contributed by atoms with Gasteiger partial charge in [0.2, 0.25) is 0 Å². The fraction of sp³-hybridized carbons (Fsp3) is 0.429. The van der Waals surface area contributed by atoms with Crippen LogP contribution in [0.5, 0.6) is 0 Å². The van der Waals surface area contributed by atoms with Gasteiger partial charge < -0.3 is 9.32 Å².